The molecule has 21 heavy (non-hydrogen) atoms. The van der Waals surface area contributed by atoms with Crippen LogP contribution < -0.4 is 0 Å². The van der Waals surface area contributed by atoms with Crippen molar-refractivity contribution in [1.82, 2.24) is 14.9 Å². The predicted octanol–water partition coefficient (Wildman–Crippen LogP) is 2.89. The summed E-state index contributed by atoms with van der Waals surface area (Å²) in [6.45, 7) is 5.29. The Labute approximate surface area is 131 Å². The summed E-state index contributed by atoms with van der Waals surface area (Å²) in [7, 11) is 0. The van der Waals surface area contributed by atoms with Crippen LogP contribution in [-0.4, -0.2) is 51.3 Å². The Balaban J connectivity index is 1.79. The van der Waals surface area contributed by atoms with Gasteiger partial charge in [-0.25, -0.2) is 14.8 Å². The van der Waals surface area contributed by atoms with Crippen LogP contribution in [0.3, 0.4) is 0 Å². The van der Waals surface area contributed by atoms with Crippen molar-refractivity contribution in [2.45, 2.75) is 24.8 Å². The Morgan fingerprint density at radius 3 is 2.90 bits per heavy atom. The molecule has 0 spiro atoms. The number of thioether (sulfide) groups is 1. The van der Waals surface area contributed by atoms with Gasteiger partial charge in [0.15, 0.2) is 0 Å². The molecular weight excluding hydrogens is 306 g/mol. The molecule has 2 aromatic rings. The number of thiophene rings is 1. The second kappa shape index (κ2) is 6.29. The zero-order chi connectivity index (χ0) is 14.8. The first-order chi connectivity index (χ1) is 10.2. The summed E-state index contributed by atoms with van der Waals surface area (Å²) >= 11 is 2.93. The van der Waals surface area contributed by atoms with Gasteiger partial charge in [-0.2, -0.15) is 0 Å². The summed E-state index contributed by atoms with van der Waals surface area (Å²) in [6, 6.07) is 0. The quantitative estimate of drug-likeness (QED) is 0.674. The van der Waals surface area contributed by atoms with Gasteiger partial charge in [0.1, 0.15) is 21.1 Å². The van der Waals surface area contributed by atoms with E-state index in [9.17, 15) is 9.90 Å². The van der Waals surface area contributed by atoms with Gasteiger partial charge in [0.05, 0.1) is 0 Å². The topological polar surface area (TPSA) is 66.3 Å². The van der Waals surface area contributed by atoms with E-state index in [-0.39, 0.29) is 0 Å². The summed E-state index contributed by atoms with van der Waals surface area (Å²) < 4.78 is 0. The van der Waals surface area contributed by atoms with Gasteiger partial charge in [-0.3, -0.25) is 0 Å². The maximum atomic E-state index is 11.2. The predicted molar refractivity (Wildman–Crippen MR) is 85.5 cm³/mol. The number of carboxylic acid groups (broad SMARTS) is 1. The number of aryl methyl sites for hydroxylation is 1. The Morgan fingerprint density at radius 2 is 2.19 bits per heavy atom. The largest absolute Gasteiger partial charge is 0.477 e. The van der Waals surface area contributed by atoms with Crippen molar-refractivity contribution in [2.24, 2.45) is 0 Å². The van der Waals surface area contributed by atoms with Gasteiger partial charge < -0.3 is 10.0 Å². The summed E-state index contributed by atoms with van der Waals surface area (Å²) in [6.07, 6.45) is 4.13. The molecule has 1 saturated heterocycles. The maximum Gasteiger partial charge on any atom is 0.346 e. The molecule has 0 unspecified atom stereocenters. The molecule has 1 N–H and O–H groups in total. The Kier molecular flexibility index (Phi) is 4.42. The number of fused-ring (bicyclic) bond motifs is 1. The van der Waals surface area contributed by atoms with Crippen molar-refractivity contribution in [3.8, 4) is 0 Å². The number of aromatic nitrogens is 2. The van der Waals surface area contributed by atoms with E-state index in [1.54, 1.807) is 11.8 Å². The summed E-state index contributed by atoms with van der Waals surface area (Å²) in [4.78, 5) is 23.4. The Hall–Kier alpha value is -1.18. The monoisotopic (exact) mass is 323 g/mol. The van der Waals surface area contributed by atoms with Gasteiger partial charge in [0.25, 0.3) is 0 Å². The van der Waals surface area contributed by atoms with E-state index >= 15 is 0 Å². The lowest BCUT2D eigenvalue weighted by Crippen LogP contribution is -2.21. The van der Waals surface area contributed by atoms with E-state index in [4.69, 9.17) is 0 Å². The number of rotatable bonds is 5. The maximum absolute atomic E-state index is 11.2. The van der Waals surface area contributed by atoms with Crippen molar-refractivity contribution < 1.29 is 9.90 Å². The van der Waals surface area contributed by atoms with E-state index in [0.29, 0.717) is 4.88 Å². The minimum atomic E-state index is -0.886. The average molecular weight is 323 g/mol. The highest BCUT2D eigenvalue weighted by molar-refractivity contribution is 7.99. The number of hydrogen-bond acceptors (Lipinski definition) is 6. The van der Waals surface area contributed by atoms with Crippen molar-refractivity contribution >= 4 is 39.3 Å². The molecular formula is C14H17N3O2S2. The fraction of sp³-hybridized carbons (Fsp3) is 0.500. The number of likely N-dealkylation sites (tertiary alicyclic amines) is 1. The van der Waals surface area contributed by atoms with Crippen LogP contribution in [0.15, 0.2) is 11.4 Å². The second-order valence-corrected chi connectivity index (χ2v) is 7.20. The SMILES string of the molecule is Cc1c(C(=O)O)sc2ncnc(SCCN3CCCC3)c12. The van der Waals surface area contributed by atoms with Crippen molar-refractivity contribution in [1.29, 1.82) is 0 Å². The first-order valence-electron chi connectivity index (χ1n) is 6.99. The van der Waals surface area contributed by atoms with Gasteiger partial charge >= 0.3 is 5.97 Å². The van der Waals surface area contributed by atoms with Crippen LogP contribution in [-0.2, 0) is 0 Å². The number of hydrogen-bond donors (Lipinski definition) is 1. The lowest BCUT2D eigenvalue weighted by Gasteiger charge is -2.13. The lowest BCUT2D eigenvalue weighted by molar-refractivity contribution is 0.0701. The van der Waals surface area contributed by atoms with E-state index in [1.165, 1.54) is 43.6 Å². The number of carbonyl (C=O) groups is 1. The Morgan fingerprint density at radius 1 is 1.43 bits per heavy atom. The standard InChI is InChI=1S/C14H17N3O2S2/c1-9-10-12(20-7-6-17-4-2-3-5-17)15-8-16-13(10)21-11(9)14(18)19/h8H,2-7H2,1H3,(H,18,19). The molecule has 3 rings (SSSR count). The molecule has 7 heteroatoms. The molecule has 0 amide bonds. The van der Waals surface area contributed by atoms with E-state index in [0.717, 1.165) is 33.1 Å². The number of carboxylic acids is 1. The van der Waals surface area contributed by atoms with Gasteiger partial charge in [-0.15, -0.1) is 23.1 Å². The van der Waals surface area contributed by atoms with Crippen LogP contribution >= 0.6 is 23.1 Å². The molecule has 0 saturated carbocycles. The van der Waals surface area contributed by atoms with Crippen LogP contribution in [0.2, 0.25) is 0 Å². The van der Waals surface area contributed by atoms with E-state index < -0.39 is 5.97 Å². The molecule has 1 fully saturated rings. The van der Waals surface area contributed by atoms with Crippen molar-refractivity contribution in [2.75, 3.05) is 25.4 Å². The van der Waals surface area contributed by atoms with Gasteiger partial charge in [-0.1, -0.05) is 0 Å². The number of aromatic carboxylic acids is 1. The van der Waals surface area contributed by atoms with Crippen LogP contribution in [0.5, 0.6) is 0 Å². The zero-order valence-corrected chi connectivity index (χ0v) is 13.5. The van der Waals surface area contributed by atoms with Crippen molar-refractivity contribution in [3.05, 3.63) is 16.8 Å². The van der Waals surface area contributed by atoms with Crippen LogP contribution in [0.1, 0.15) is 28.1 Å². The zero-order valence-electron chi connectivity index (χ0n) is 11.8. The highest BCUT2D eigenvalue weighted by Gasteiger charge is 2.19. The molecule has 0 aromatic carbocycles. The van der Waals surface area contributed by atoms with Gasteiger partial charge in [0, 0.05) is 17.7 Å². The van der Waals surface area contributed by atoms with Gasteiger partial charge in [0.2, 0.25) is 0 Å². The molecule has 1 aliphatic heterocycles. The fourth-order valence-corrected chi connectivity index (χ4v) is 4.74. The molecule has 3 heterocycles. The molecule has 112 valence electrons. The molecule has 0 atom stereocenters. The highest BCUT2D eigenvalue weighted by Crippen LogP contribution is 2.34. The summed E-state index contributed by atoms with van der Waals surface area (Å²) in [5.41, 5.74) is 0.784. The molecule has 2 aromatic heterocycles. The molecule has 5 nitrogen and oxygen atoms in total. The number of nitrogens with zero attached hydrogens (tertiary/aromatic N) is 3. The smallest absolute Gasteiger partial charge is 0.346 e. The van der Waals surface area contributed by atoms with Crippen molar-refractivity contribution in [3.63, 3.8) is 0 Å². The summed E-state index contributed by atoms with van der Waals surface area (Å²) in [5.74, 6) is 0.0904. The molecule has 0 aliphatic carbocycles. The third kappa shape index (κ3) is 3.04. The Bertz CT molecular complexity index is 666. The lowest BCUT2D eigenvalue weighted by atomic mass is 10.2. The normalized spacial score (nSPS) is 15.9. The third-order valence-corrected chi connectivity index (χ3v) is 5.89. The van der Waals surface area contributed by atoms with E-state index in [1.807, 2.05) is 6.92 Å². The van der Waals surface area contributed by atoms with Gasteiger partial charge in [-0.05, 0) is 38.4 Å². The second-order valence-electron chi connectivity index (χ2n) is 5.12. The highest BCUT2D eigenvalue weighted by atomic mass is 32.2. The average Bonchev–Trinajstić information content (AvgIpc) is 3.07. The molecule has 1 aliphatic rings. The fourth-order valence-electron chi connectivity index (χ4n) is 2.63. The first-order valence-corrected chi connectivity index (χ1v) is 8.79. The van der Waals surface area contributed by atoms with Crippen LogP contribution in [0.25, 0.3) is 10.2 Å². The van der Waals surface area contributed by atoms with Crippen LogP contribution in [0.4, 0.5) is 0 Å². The first kappa shape index (κ1) is 14.7. The molecule has 0 radical (unpaired) electrons. The summed E-state index contributed by atoms with van der Waals surface area (Å²) in [5, 5.41) is 11.0. The third-order valence-electron chi connectivity index (χ3n) is 3.73. The van der Waals surface area contributed by atoms with Crippen LogP contribution in [0, 0.1) is 6.92 Å². The minimum Gasteiger partial charge on any atom is -0.477 e. The molecule has 0 bridgehead atoms. The van der Waals surface area contributed by atoms with E-state index in [2.05, 4.69) is 14.9 Å². The minimum absolute atomic E-state index is 0.367.